The van der Waals surface area contributed by atoms with Gasteiger partial charge in [0.1, 0.15) is 0 Å². The molecule has 1 aromatic heterocycles. The first kappa shape index (κ1) is 15.1. The van der Waals surface area contributed by atoms with E-state index in [0.29, 0.717) is 42.7 Å². The molecule has 3 N–H and O–H groups in total. The molecule has 0 atom stereocenters. The fourth-order valence-corrected chi connectivity index (χ4v) is 1.40. The SMILES string of the molecule is COCCOCCCOc1nc(NN)ncc1Br. The quantitative estimate of drug-likeness (QED) is 0.397. The van der Waals surface area contributed by atoms with Gasteiger partial charge < -0.3 is 14.2 Å². The molecule has 0 amide bonds. The number of halogens is 1. The number of nitrogens with zero attached hydrogens (tertiary/aromatic N) is 2. The highest BCUT2D eigenvalue weighted by Gasteiger charge is 2.05. The highest BCUT2D eigenvalue weighted by atomic mass is 79.9. The molecule has 18 heavy (non-hydrogen) atoms. The first-order valence-corrected chi connectivity index (χ1v) is 6.26. The number of aromatic nitrogens is 2. The van der Waals surface area contributed by atoms with E-state index in [1.54, 1.807) is 13.3 Å². The second-order valence-corrected chi connectivity index (χ2v) is 4.15. The average molecular weight is 321 g/mol. The van der Waals surface area contributed by atoms with Gasteiger partial charge in [-0.25, -0.2) is 10.8 Å². The largest absolute Gasteiger partial charge is 0.477 e. The molecule has 0 bridgehead atoms. The molecule has 0 unspecified atom stereocenters. The van der Waals surface area contributed by atoms with Gasteiger partial charge in [0.05, 0.1) is 30.5 Å². The van der Waals surface area contributed by atoms with Crippen LogP contribution in [0.15, 0.2) is 10.7 Å². The Morgan fingerprint density at radius 1 is 1.33 bits per heavy atom. The van der Waals surface area contributed by atoms with E-state index >= 15 is 0 Å². The van der Waals surface area contributed by atoms with E-state index in [0.717, 1.165) is 6.42 Å². The number of nitrogens with two attached hydrogens (primary N) is 1. The number of hydrogen-bond acceptors (Lipinski definition) is 7. The molecule has 0 fully saturated rings. The van der Waals surface area contributed by atoms with Crippen LogP contribution in [-0.4, -0.2) is 43.5 Å². The smallest absolute Gasteiger partial charge is 0.240 e. The van der Waals surface area contributed by atoms with Crippen molar-refractivity contribution in [2.45, 2.75) is 6.42 Å². The van der Waals surface area contributed by atoms with E-state index in [1.165, 1.54) is 0 Å². The molecule has 102 valence electrons. The molecule has 1 rings (SSSR count). The van der Waals surface area contributed by atoms with Crippen LogP contribution < -0.4 is 16.0 Å². The summed E-state index contributed by atoms with van der Waals surface area (Å²) in [5, 5.41) is 0. The molecule has 0 saturated carbocycles. The molecule has 0 saturated heterocycles. The Labute approximate surface area is 114 Å². The minimum Gasteiger partial charge on any atom is -0.477 e. The van der Waals surface area contributed by atoms with Gasteiger partial charge in [0.25, 0.3) is 0 Å². The summed E-state index contributed by atoms with van der Waals surface area (Å²) >= 11 is 3.30. The Morgan fingerprint density at radius 3 is 2.89 bits per heavy atom. The number of anilines is 1. The summed E-state index contributed by atoms with van der Waals surface area (Å²) in [6.07, 6.45) is 2.35. The standard InChI is InChI=1S/C10H17BrN4O3/c1-16-5-6-17-3-2-4-18-9-8(11)7-13-10(14-9)15-12/h7H,2-6,12H2,1H3,(H,13,14,15). The second-order valence-electron chi connectivity index (χ2n) is 3.30. The van der Waals surface area contributed by atoms with E-state index in [1.807, 2.05) is 0 Å². The minimum absolute atomic E-state index is 0.310. The van der Waals surface area contributed by atoms with Crippen LogP contribution in [0.1, 0.15) is 6.42 Å². The van der Waals surface area contributed by atoms with Gasteiger partial charge in [0.15, 0.2) is 0 Å². The third-order valence-corrected chi connectivity index (χ3v) is 2.49. The maximum atomic E-state index is 5.48. The lowest BCUT2D eigenvalue weighted by Crippen LogP contribution is -2.12. The zero-order chi connectivity index (χ0) is 13.2. The third-order valence-electron chi connectivity index (χ3n) is 1.94. The van der Waals surface area contributed by atoms with Crippen LogP contribution >= 0.6 is 15.9 Å². The molecule has 8 heteroatoms. The molecule has 0 aliphatic heterocycles. The number of hydrogen-bond donors (Lipinski definition) is 2. The number of methoxy groups -OCH3 is 1. The molecule has 0 spiro atoms. The maximum absolute atomic E-state index is 5.48. The van der Waals surface area contributed by atoms with Gasteiger partial charge in [-0.05, 0) is 15.9 Å². The van der Waals surface area contributed by atoms with Crippen molar-refractivity contribution in [2.75, 3.05) is 39.0 Å². The van der Waals surface area contributed by atoms with E-state index in [9.17, 15) is 0 Å². The van der Waals surface area contributed by atoms with Crippen LogP contribution in [0.5, 0.6) is 5.88 Å². The molecule has 0 radical (unpaired) electrons. The van der Waals surface area contributed by atoms with Crippen molar-refractivity contribution in [3.8, 4) is 5.88 Å². The number of hydrazine groups is 1. The molecule has 0 aliphatic rings. The van der Waals surface area contributed by atoms with Crippen LogP contribution in [-0.2, 0) is 9.47 Å². The van der Waals surface area contributed by atoms with Crippen molar-refractivity contribution in [3.63, 3.8) is 0 Å². The summed E-state index contributed by atoms with van der Waals surface area (Å²) in [5.41, 5.74) is 2.36. The van der Waals surface area contributed by atoms with Crippen molar-refractivity contribution in [1.29, 1.82) is 0 Å². The zero-order valence-electron chi connectivity index (χ0n) is 10.2. The van der Waals surface area contributed by atoms with Gasteiger partial charge >= 0.3 is 0 Å². The Kier molecular flexibility index (Phi) is 7.58. The van der Waals surface area contributed by atoms with Crippen LogP contribution in [0.4, 0.5) is 5.95 Å². The summed E-state index contributed by atoms with van der Waals surface area (Å²) in [4.78, 5) is 7.98. The molecular weight excluding hydrogens is 304 g/mol. The van der Waals surface area contributed by atoms with E-state index in [4.69, 9.17) is 20.1 Å². The Hall–Kier alpha value is -0.960. The lowest BCUT2D eigenvalue weighted by molar-refractivity contribution is 0.0641. The van der Waals surface area contributed by atoms with Crippen molar-refractivity contribution < 1.29 is 14.2 Å². The highest BCUT2D eigenvalue weighted by molar-refractivity contribution is 9.10. The molecule has 1 aromatic rings. The Morgan fingerprint density at radius 2 is 2.17 bits per heavy atom. The summed E-state index contributed by atoms with van der Waals surface area (Å²) in [6, 6.07) is 0. The number of nitrogen functional groups attached to an aromatic ring is 1. The summed E-state index contributed by atoms with van der Waals surface area (Å²) in [5.74, 6) is 5.98. The van der Waals surface area contributed by atoms with Crippen LogP contribution in [0.3, 0.4) is 0 Å². The van der Waals surface area contributed by atoms with Crippen LogP contribution in [0, 0.1) is 0 Å². The van der Waals surface area contributed by atoms with Gasteiger partial charge in [-0.1, -0.05) is 0 Å². The Bertz CT molecular complexity index is 354. The predicted octanol–water partition coefficient (Wildman–Crippen LogP) is 0.957. The monoisotopic (exact) mass is 320 g/mol. The second kappa shape index (κ2) is 9.03. The fourth-order valence-electron chi connectivity index (χ4n) is 1.10. The third kappa shape index (κ3) is 5.58. The summed E-state index contributed by atoms with van der Waals surface area (Å²) in [7, 11) is 1.64. The van der Waals surface area contributed by atoms with Crippen LogP contribution in [0.2, 0.25) is 0 Å². The predicted molar refractivity (Wildman–Crippen MR) is 70.3 cm³/mol. The molecular formula is C10H17BrN4O3. The first-order valence-electron chi connectivity index (χ1n) is 5.46. The van der Waals surface area contributed by atoms with Gasteiger partial charge in [0, 0.05) is 20.1 Å². The van der Waals surface area contributed by atoms with Gasteiger partial charge in [-0.2, -0.15) is 4.98 Å². The molecule has 0 aliphatic carbocycles. The number of nitrogens with one attached hydrogen (secondary N) is 1. The molecule has 0 aromatic carbocycles. The lowest BCUT2D eigenvalue weighted by Gasteiger charge is -2.08. The normalized spacial score (nSPS) is 10.4. The van der Waals surface area contributed by atoms with E-state index < -0.39 is 0 Å². The first-order chi connectivity index (χ1) is 8.77. The fraction of sp³-hybridized carbons (Fsp3) is 0.600. The lowest BCUT2D eigenvalue weighted by atomic mass is 10.5. The van der Waals surface area contributed by atoms with Crippen LogP contribution in [0.25, 0.3) is 0 Å². The minimum atomic E-state index is 0.310. The van der Waals surface area contributed by atoms with Crippen molar-refractivity contribution in [1.82, 2.24) is 9.97 Å². The van der Waals surface area contributed by atoms with Crippen molar-refractivity contribution in [3.05, 3.63) is 10.7 Å². The Balaban J connectivity index is 2.22. The van der Waals surface area contributed by atoms with Crippen molar-refractivity contribution >= 4 is 21.9 Å². The van der Waals surface area contributed by atoms with Crippen molar-refractivity contribution in [2.24, 2.45) is 5.84 Å². The average Bonchev–Trinajstić information content (AvgIpc) is 2.39. The van der Waals surface area contributed by atoms with E-state index in [-0.39, 0.29) is 0 Å². The zero-order valence-corrected chi connectivity index (χ0v) is 11.8. The number of rotatable bonds is 9. The topological polar surface area (TPSA) is 91.5 Å². The van der Waals surface area contributed by atoms with Gasteiger partial charge in [-0.15, -0.1) is 0 Å². The molecule has 1 heterocycles. The highest BCUT2D eigenvalue weighted by Crippen LogP contribution is 2.22. The number of ether oxygens (including phenoxy) is 3. The maximum Gasteiger partial charge on any atom is 0.240 e. The summed E-state index contributed by atoms with van der Waals surface area (Å²) in [6.45, 7) is 2.32. The van der Waals surface area contributed by atoms with Gasteiger partial charge in [0.2, 0.25) is 11.8 Å². The van der Waals surface area contributed by atoms with E-state index in [2.05, 4.69) is 31.3 Å². The molecule has 7 nitrogen and oxygen atoms in total. The van der Waals surface area contributed by atoms with Gasteiger partial charge in [-0.3, -0.25) is 5.43 Å². The summed E-state index contributed by atoms with van der Waals surface area (Å²) < 4.78 is 16.3.